The third-order valence-electron chi connectivity index (χ3n) is 3.14. The number of ketones is 1. The van der Waals surface area contributed by atoms with E-state index in [4.69, 9.17) is 0 Å². The SMILES string of the molecule is Cc1ccc(C(=O)Cc2ccc(C(F)(F)F)cc2)cc1F. The van der Waals surface area contributed by atoms with Crippen molar-refractivity contribution in [1.82, 2.24) is 0 Å². The first kappa shape index (κ1) is 15.2. The van der Waals surface area contributed by atoms with Gasteiger partial charge in [-0.2, -0.15) is 13.2 Å². The molecule has 0 aliphatic carbocycles. The molecule has 0 aromatic heterocycles. The van der Waals surface area contributed by atoms with Gasteiger partial charge in [-0.3, -0.25) is 4.79 Å². The van der Waals surface area contributed by atoms with Crippen LogP contribution in [0.2, 0.25) is 0 Å². The van der Waals surface area contributed by atoms with Crippen molar-refractivity contribution in [1.29, 1.82) is 0 Å². The van der Waals surface area contributed by atoms with Crippen LogP contribution < -0.4 is 0 Å². The van der Waals surface area contributed by atoms with Gasteiger partial charge in [0.05, 0.1) is 5.56 Å². The van der Waals surface area contributed by atoms with E-state index >= 15 is 0 Å². The second-order valence-electron chi connectivity index (χ2n) is 4.76. The van der Waals surface area contributed by atoms with Crippen molar-refractivity contribution in [2.75, 3.05) is 0 Å². The van der Waals surface area contributed by atoms with Gasteiger partial charge in [0.25, 0.3) is 0 Å². The maximum absolute atomic E-state index is 13.4. The Morgan fingerprint density at radius 2 is 1.67 bits per heavy atom. The third kappa shape index (κ3) is 3.68. The molecule has 0 unspecified atom stereocenters. The summed E-state index contributed by atoms with van der Waals surface area (Å²) >= 11 is 0. The summed E-state index contributed by atoms with van der Waals surface area (Å²) in [4.78, 5) is 12.0. The van der Waals surface area contributed by atoms with Gasteiger partial charge in [-0.05, 0) is 36.2 Å². The molecule has 0 radical (unpaired) electrons. The minimum atomic E-state index is -4.40. The molecular formula is C16H12F4O. The first-order chi connectivity index (χ1) is 9.77. The lowest BCUT2D eigenvalue weighted by molar-refractivity contribution is -0.137. The molecule has 5 heteroatoms. The van der Waals surface area contributed by atoms with Crippen molar-refractivity contribution in [2.45, 2.75) is 19.5 Å². The number of alkyl halides is 3. The molecule has 2 aromatic carbocycles. The molecule has 1 nitrogen and oxygen atoms in total. The van der Waals surface area contributed by atoms with Crippen LogP contribution in [-0.2, 0) is 12.6 Å². The van der Waals surface area contributed by atoms with Gasteiger partial charge in [0.2, 0.25) is 0 Å². The van der Waals surface area contributed by atoms with Gasteiger partial charge in [-0.15, -0.1) is 0 Å². The summed E-state index contributed by atoms with van der Waals surface area (Å²) in [5.74, 6) is -0.818. The molecule has 110 valence electrons. The molecule has 0 aliphatic heterocycles. The normalized spacial score (nSPS) is 11.5. The van der Waals surface area contributed by atoms with E-state index in [9.17, 15) is 22.4 Å². The zero-order valence-electron chi connectivity index (χ0n) is 11.2. The van der Waals surface area contributed by atoms with Crippen LogP contribution in [0.15, 0.2) is 42.5 Å². The van der Waals surface area contributed by atoms with E-state index in [1.807, 2.05) is 0 Å². The maximum Gasteiger partial charge on any atom is 0.416 e. The minimum Gasteiger partial charge on any atom is -0.294 e. The highest BCUT2D eigenvalue weighted by molar-refractivity contribution is 5.97. The number of Topliss-reactive ketones (excluding diaryl/α,β-unsaturated/α-hetero) is 1. The minimum absolute atomic E-state index is 0.0688. The molecule has 0 aliphatic rings. The summed E-state index contributed by atoms with van der Waals surface area (Å²) in [6.45, 7) is 1.58. The van der Waals surface area contributed by atoms with Gasteiger partial charge in [0, 0.05) is 12.0 Å². The van der Waals surface area contributed by atoms with Gasteiger partial charge >= 0.3 is 6.18 Å². The average molecular weight is 296 g/mol. The highest BCUT2D eigenvalue weighted by Gasteiger charge is 2.29. The zero-order valence-corrected chi connectivity index (χ0v) is 11.2. The molecule has 0 spiro atoms. The molecule has 0 saturated heterocycles. The Morgan fingerprint density at radius 1 is 1.05 bits per heavy atom. The number of hydrogen-bond donors (Lipinski definition) is 0. The number of carbonyl (C=O) groups is 1. The predicted octanol–water partition coefficient (Wildman–Crippen LogP) is 4.58. The molecule has 0 saturated carbocycles. The first-order valence-corrected chi connectivity index (χ1v) is 6.23. The van der Waals surface area contributed by atoms with Gasteiger partial charge < -0.3 is 0 Å². The highest BCUT2D eigenvalue weighted by Crippen LogP contribution is 2.29. The molecular weight excluding hydrogens is 284 g/mol. The number of carbonyl (C=O) groups excluding carboxylic acids is 1. The Labute approximate surface area is 119 Å². The van der Waals surface area contributed by atoms with Crippen LogP contribution in [0, 0.1) is 12.7 Å². The molecule has 2 rings (SSSR count). The predicted molar refractivity (Wildman–Crippen MR) is 70.6 cm³/mol. The van der Waals surface area contributed by atoms with Crippen LogP contribution in [0.25, 0.3) is 0 Å². The Balaban J connectivity index is 2.14. The monoisotopic (exact) mass is 296 g/mol. The highest BCUT2D eigenvalue weighted by atomic mass is 19.4. The van der Waals surface area contributed by atoms with E-state index in [1.54, 1.807) is 6.92 Å². The first-order valence-electron chi connectivity index (χ1n) is 6.23. The van der Waals surface area contributed by atoms with Crippen molar-refractivity contribution in [2.24, 2.45) is 0 Å². The molecule has 0 amide bonds. The summed E-state index contributed by atoms with van der Waals surface area (Å²) in [5, 5.41) is 0. The van der Waals surface area contributed by atoms with Gasteiger partial charge in [-0.1, -0.05) is 24.3 Å². The topological polar surface area (TPSA) is 17.1 Å². The smallest absolute Gasteiger partial charge is 0.294 e. The molecule has 0 fully saturated rings. The number of aryl methyl sites for hydroxylation is 1. The second-order valence-corrected chi connectivity index (χ2v) is 4.76. The second kappa shape index (κ2) is 5.68. The Hall–Kier alpha value is -2.17. The Morgan fingerprint density at radius 3 is 2.19 bits per heavy atom. The summed E-state index contributed by atoms with van der Waals surface area (Å²) < 4.78 is 50.6. The fourth-order valence-electron chi connectivity index (χ4n) is 1.87. The fraction of sp³-hybridized carbons (Fsp3) is 0.188. The van der Waals surface area contributed by atoms with Crippen molar-refractivity contribution in [3.8, 4) is 0 Å². The number of benzene rings is 2. The lowest BCUT2D eigenvalue weighted by Crippen LogP contribution is -2.07. The third-order valence-corrected chi connectivity index (χ3v) is 3.14. The summed E-state index contributed by atoms with van der Waals surface area (Å²) in [5.41, 5.74) is 0.327. The zero-order chi connectivity index (χ0) is 15.6. The van der Waals surface area contributed by atoms with Gasteiger partial charge in [0.15, 0.2) is 5.78 Å². The number of hydrogen-bond acceptors (Lipinski definition) is 1. The van der Waals surface area contributed by atoms with E-state index < -0.39 is 17.6 Å². The standard InChI is InChI=1S/C16H12F4O/c1-10-2-5-12(9-14(10)17)15(21)8-11-3-6-13(7-4-11)16(18,19)20/h2-7,9H,8H2,1H3. The lowest BCUT2D eigenvalue weighted by atomic mass is 10.0. The van der Waals surface area contributed by atoms with E-state index in [1.165, 1.54) is 24.3 Å². The number of halogens is 4. The van der Waals surface area contributed by atoms with Gasteiger partial charge in [0.1, 0.15) is 5.82 Å². The van der Waals surface area contributed by atoms with E-state index in [-0.39, 0.29) is 17.8 Å². The van der Waals surface area contributed by atoms with Crippen LogP contribution >= 0.6 is 0 Å². The average Bonchev–Trinajstić information content (AvgIpc) is 2.41. The lowest BCUT2D eigenvalue weighted by Gasteiger charge is -2.07. The Bertz CT molecular complexity index is 657. The van der Waals surface area contributed by atoms with Crippen molar-refractivity contribution in [3.05, 3.63) is 70.5 Å². The van der Waals surface area contributed by atoms with Crippen LogP contribution in [-0.4, -0.2) is 5.78 Å². The molecule has 0 atom stereocenters. The molecule has 0 heterocycles. The summed E-state index contributed by atoms with van der Waals surface area (Å²) in [7, 11) is 0. The summed E-state index contributed by atoms with van der Waals surface area (Å²) in [6, 6.07) is 8.51. The van der Waals surface area contributed by atoms with E-state index in [2.05, 4.69) is 0 Å². The summed E-state index contributed by atoms with van der Waals surface area (Å²) in [6.07, 6.45) is -4.47. The van der Waals surface area contributed by atoms with Crippen molar-refractivity contribution >= 4 is 5.78 Å². The van der Waals surface area contributed by atoms with Crippen molar-refractivity contribution < 1.29 is 22.4 Å². The van der Waals surface area contributed by atoms with E-state index in [0.717, 1.165) is 18.2 Å². The fourth-order valence-corrected chi connectivity index (χ4v) is 1.87. The van der Waals surface area contributed by atoms with Gasteiger partial charge in [-0.25, -0.2) is 4.39 Å². The Kier molecular flexibility index (Phi) is 4.11. The van der Waals surface area contributed by atoms with Crippen molar-refractivity contribution in [3.63, 3.8) is 0 Å². The molecule has 2 aromatic rings. The maximum atomic E-state index is 13.4. The molecule has 0 bridgehead atoms. The van der Waals surface area contributed by atoms with Crippen LogP contribution in [0.5, 0.6) is 0 Å². The molecule has 0 N–H and O–H groups in total. The van der Waals surface area contributed by atoms with Crippen LogP contribution in [0.4, 0.5) is 17.6 Å². The largest absolute Gasteiger partial charge is 0.416 e. The quantitative estimate of drug-likeness (QED) is 0.598. The van der Waals surface area contributed by atoms with Crippen LogP contribution in [0.3, 0.4) is 0 Å². The number of rotatable bonds is 3. The van der Waals surface area contributed by atoms with Crippen LogP contribution in [0.1, 0.15) is 27.0 Å². The molecule has 21 heavy (non-hydrogen) atoms. The van der Waals surface area contributed by atoms with E-state index in [0.29, 0.717) is 11.1 Å².